The SMILES string of the molecule is Cc1cc(C)c(C(=O)c2ccccc2C(C)p2cccc2)c(C)c1. The van der Waals surface area contributed by atoms with E-state index >= 15 is 0 Å². The van der Waals surface area contributed by atoms with Gasteiger partial charge in [0.2, 0.25) is 0 Å². The van der Waals surface area contributed by atoms with E-state index in [2.05, 4.69) is 55.8 Å². The summed E-state index contributed by atoms with van der Waals surface area (Å²) in [7, 11) is -0.326. The van der Waals surface area contributed by atoms with Gasteiger partial charge in [-0.1, -0.05) is 61.0 Å². The zero-order valence-corrected chi connectivity index (χ0v) is 15.6. The fourth-order valence-electron chi connectivity index (χ4n) is 3.51. The Balaban J connectivity index is 2.09. The number of carbonyl (C=O) groups is 1. The summed E-state index contributed by atoms with van der Waals surface area (Å²) in [5.74, 6) is 4.68. The Kier molecular flexibility index (Phi) is 4.73. The van der Waals surface area contributed by atoms with Crippen molar-refractivity contribution in [3.8, 4) is 0 Å². The molecule has 0 aliphatic carbocycles. The van der Waals surface area contributed by atoms with E-state index in [1.54, 1.807) is 0 Å². The van der Waals surface area contributed by atoms with Crippen LogP contribution >= 0.6 is 7.53 Å². The van der Waals surface area contributed by atoms with Gasteiger partial charge >= 0.3 is 0 Å². The lowest BCUT2D eigenvalue weighted by Gasteiger charge is -2.17. The van der Waals surface area contributed by atoms with Crippen molar-refractivity contribution >= 4 is 13.3 Å². The first-order chi connectivity index (χ1) is 11.5. The Bertz CT molecular complexity index is 852. The van der Waals surface area contributed by atoms with Gasteiger partial charge in [0.05, 0.1) is 0 Å². The third kappa shape index (κ3) is 3.09. The van der Waals surface area contributed by atoms with Crippen molar-refractivity contribution in [2.75, 3.05) is 0 Å². The largest absolute Gasteiger partial charge is 0.289 e. The van der Waals surface area contributed by atoms with Gasteiger partial charge in [-0.3, -0.25) is 4.79 Å². The van der Waals surface area contributed by atoms with Gasteiger partial charge < -0.3 is 0 Å². The van der Waals surface area contributed by atoms with Crippen LogP contribution in [0.2, 0.25) is 0 Å². The van der Waals surface area contributed by atoms with E-state index in [-0.39, 0.29) is 13.3 Å². The molecule has 0 N–H and O–H groups in total. The van der Waals surface area contributed by atoms with E-state index < -0.39 is 0 Å². The number of benzene rings is 2. The quantitative estimate of drug-likeness (QED) is 0.502. The molecular weight excluding hydrogens is 311 g/mol. The summed E-state index contributed by atoms with van der Waals surface area (Å²) in [6.07, 6.45) is 0. The number of carbonyl (C=O) groups excluding carboxylic acids is 1. The molecule has 3 aromatic rings. The molecule has 1 aromatic heterocycles. The summed E-state index contributed by atoms with van der Waals surface area (Å²) in [5.41, 5.74) is 6.53. The zero-order valence-electron chi connectivity index (χ0n) is 14.7. The summed E-state index contributed by atoms with van der Waals surface area (Å²) in [4.78, 5) is 13.3. The van der Waals surface area contributed by atoms with Crippen LogP contribution in [-0.2, 0) is 0 Å². The van der Waals surface area contributed by atoms with Gasteiger partial charge in [-0.2, -0.15) is 0 Å². The van der Waals surface area contributed by atoms with Gasteiger partial charge in [0.25, 0.3) is 0 Å². The molecule has 0 fully saturated rings. The van der Waals surface area contributed by atoms with Crippen molar-refractivity contribution in [2.45, 2.75) is 33.4 Å². The minimum Gasteiger partial charge on any atom is -0.289 e. The zero-order chi connectivity index (χ0) is 17.3. The summed E-state index contributed by atoms with van der Waals surface area (Å²) < 4.78 is 0. The molecule has 2 heteroatoms. The fraction of sp³-hybridized carbons (Fsp3) is 0.227. The molecule has 1 unspecified atom stereocenters. The molecule has 1 nitrogen and oxygen atoms in total. The third-order valence-electron chi connectivity index (χ3n) is 4.63. The van der Waals surface area contributed by atoms with Gasteiger partial charge in [-0.05, 0) is 49.1 Å². The van der Waals surface area contributed by atoms with E-state index in [1.165, 1.54) is 5.56 Å². The van der Waals surface area contributed by atoms with Crippen molar-refractivity contribution in [3.05, 3.63) is 93.5 Å². The first-order valence-electron chi connectivity index (χ1n) is 8.33. The van der Waals surface area contributed by atoms with E-state index in [9.17, 15) is 4.79 Å². The van der Waals surface area contributed by atoms with Crippen LogP contribution in [0.15, 0.2) is 60.1 Å². The van der Waals surface area contributed by atoms with E-state index in [4.69, 9.17) is 0 Å². The maximum absolute atomic E-state index is 13.3. The molecule has 2 aromatic carbocycles. The first-order valence-corrected chi connectivity index (χ1v) is 9.88. The number of hydrogen-bond acceptors (Lipinski definition) is 1. The molecule has 1 atom stereocenters. The predicted octanol–water partition coefficient (Wildman–Crippen LogP) is 6.44. The lowest BCUT2D eigenvalue weighted by atomic mass is 9.90. The second-order valence-electron chi connectivity index (χ2n) is 6.50. The second kappa shape index (κ2) is 6.79. The molecule has 1 heterocycles. The number of aryl methyl sites for hydroxylation is 3. The summed E-state index contributed by atoms with van der Waals surface area (Å²) >= 11 is 0. The van der Waals surface area contributed by atoms with Gasteiger partial charge in [0.1, 0.15) is 0 Å². The third-order valence-corrected chi connectivity index (χ3v) is 6.84. The summed E-state index contributed by atoms with van der Waals surface area (Å²) in [6.45, 7) is 8.37. The average molecular weight is 334 g/mol. The molecule has 122 valence electrons. The summed E-state index contributed by atoms with van der Waals surface area (Å²) in [6, 6.07) is 16.5. The Morgan fingerprint density at radius 2 is 1.50 bits per heavy atom. The van der Waals surface area contributed by atoms with Crippen molar-refractivity contribution in [1.82, 2.24) is 0 Å². The van der Waals surface area contributed by atoms with Crippen LogP contribution in [0.1, 0.15) is 50.8 Å². The highest BCUT2D eigenvalue weighted by Gasteiger charge is 2.21. The molecule has 3 rings (SSSR count). The first kappa shape index (κ1) is 16.7. The molecule has 0 bridgehead atoms. The topological polar surface area (TPSA) is 17.1 Å². The van der Waals surface area contributed by atoms with Crippen LogP contribution in [0.5, 0.6) is 0 Å². The lowest BCUT2D eigenvalue weighted by Crippen LogP contribution is -2.10. The van der Waals surface area contributed by atoms with Crippen LogP contribution in [0.3, 0.4) is 0 Å². The number of ketones is 1. The maximum atomic E-state index is 13.3. The Labute approximate surface area is 145 Å². The molecular formula is C22H23OP. The van der Waals surface area contributed by atoms with Crippen LogP contribution in [0, 0.1) is 20.8 Å². The standard InChI is InChI=1S/C22H23OP/c1-15-13-16(2)21(17(3)14-15)22(23)20-10-6-5-9-19(20)18(4)24-11-7-8-12-24/h5-14,18H,1-4H3. The lowest BCUT2D eigenvalue weighted by molar-refractivity contribution is 0.103. The van der Waals surface area contributed by atoms with Crippen molar-refractivity contribution < 1.29 is 4.79 Å². The van der Waals surface area contributed by atoms with Crippen molar-refractivity contribution in [2.24, 2.45) is 0 Å². The Hall–Kier alpha value is -2.11. The van der Waals surface area contributed by atoms with E-state index in [0.29, 0.717) is 5.66 Å². The van der Waals surface area contributed by atoms with E-state index in [0.717, 1.165) is 27.8 Å². The highest BCUT2D eigenvalue weighted by atomic mass is 31.1. The van der Waals surface area contributed by atoms with Gasteiger partial charge in [0, 0.05) is 16.8 Å². The van der Waals surface area contributed by atoms with Crippen LogP contribution in [0.25, 0.3) is 0 Å². The maximum Gasteiger partial charge on any atom is 0.193 e. The highest BCUT2D eigenvalue weighted by molar-refractivity contribution is 7.49. The summed E-state index contributed by atoms with van der Waals surface area (Å²) in [5, 5.41) is 0. The Morgan fingerprint density at radius 3 is 2.12 bits per heavy atom. The van der Waals surface area contributed by atoms with E-state index in [1.807, 2.05) is 32.0 Å². The molecule has 24 heavy (non-hydrogen) atoms. The monoisotopic (exact) mass is 334 g/mol. The normalized spacial score (nSPS) is 12.2. The highest BCUT2D eigenvalue weighted by Crippen LogP contribution is 2.44. The van der Waals surface area contributed by atoms with Crippen molar-refractivity contribution in [3.63, 3.8) is 0 Å². The van der Waals surface area contributed by atoms with Crippen LogP contribution in [-0.4, -0.2) is 5.78 Å². The molecule has 0 aliphatic rings. The molecule has 0 amide bonds. The molecule has 0 saturated heterocycles. The fourth-order valence-corrected chi connectivity index (χ4v) is 5.27. The molecule has 0 aliphatic heterocycles. The second-order valence-corrected chi connectivity index (χ2v) is 8.76. The van der Waals surface area contributed by atoms with Gasteiger partial charge in [-0.15, -0.1) is 7.53 Å². The molecule has 0 saturated carbocycles. The predicted molar refractivity (Wildman–Crippen MR) is 103 cm³/mol. The molecule has 0 spiro atoms. The Morgan fingerprint density at radius 1 is 0.917 bits per heavy atom. The van der Waals surface area contributed by atoms with Crippen LogP contribution < -0.4 is 0 Å². The van der Waals surface area contributed by atoms with Gasteiger partial charge in [-0.25, -0.2) is 0 Å². The van der Waals surface area contributed by atoms with Gasteiger partial charge in [0.15, 0.2) is 5.78 Å². The van der Waals surface area contributed by atoms with Crippen molar-refractivity contribution in [1.29, 1.82) is 0 Å². The molecule has 0 radical (unpaired) electrons. The minimum atomic E-state index is -0.326. The average Bonchev–Trinajstić information content (AvgIpc) is 3.07. The van der Waals surface area contributed by atoms with Crippen LogP contribution in [0.4, 0.5) is 0 Å². The minimum absolute atomic E-state index is 0.148. The smallest absolute Gasteiger partial charge is 0.193 e. The number of rotatable bonds is 4. The number of hydrogen-bond donors (Lipinski definition) is 0.